The Balaban J connectivity index is 2.25. The molecule has 0 radical (unpaired) electrons. The molecule has 0 spiro atoms. The standard InChI is InChI=1S/C15H17NO2S2/c1-3-12-7-9-15(10-8-12)20(17,18)16-13-5-4-6-14(11-13)19-2/h4-11,16H,3H2,1-2H3. The molecule has 20 heavy (non-hydrogen) atoms. The van der Waals surface area contributed by atoms with Gasteiger partial charge in [-0.25, -0.2) is 8.42 Å². The molecule has 0 aliphatic heterocycles. The van der Waals surface area contributed by atoms with Gasteiger partial charge in [0, 0.05) is 10.6 Å². The number of benzene rings is 2. The molecule has 0 saturated heterocycles. The number of hydrogen-bond donors (Lipinski definition) is 1. The molecule has 0 atom stereocenters. The van der Waals surface area contributed by atoms with Gasteiger partial charge in [0.1, 0.15) is 0 Å². The Morgan fingerprint density at radius 1 is 1.10 bits per heavy atom. The van der Waals surface area contributed by atoms with Gasteiger partial charge in [-0.3, -0.25) is 4.72 Å². The molecule has 0 heterocycles. The Hall–Kier alpha value is -1.46. The number of nitrogens with one attached hydrogen (secondary N) is 1. The van der Waals surface area contributed by atoms with E-state index in [0.717, 1.165) is 16.9 Å². The van der Waals surface area contributed by atoms with Crippen LogP contribution in [0.25, 0.3) is 0 Å². The minimum absolute atomic E-state index is 0.282. The molecule has 2 aromatic carbocycles. The van der Waals surface area contributed by atoms with E-state index < -0.39 is 10.0 Å². The van der Waals surface area contributed by atoms with Gasteiger partial charge in [-0.2, -0.15) is 0 Å². The number of sulfonamides is 1. The number of rotatable bonds is 5. The lowest BCUT2D eigenvalue weighted by molar-refractivity contribution is 0.601. The Morgan fingerprint density at radius 2 is 1.80 bits per heavy atom. The summed E-state index contributed by atoms with van der Waals surface area (Å²) >= 11 is 1.57. The zero-order valence-electron chi connectivity index (χ0n) is 11.5. The molecule has 5 heteroatoms. The van der Waals surface area contributed by atoms with Crippen LogP contribution in [-0.4, -0.2) is 14.7 Å². The summed E-state index contributed by atoms with van der Waals surface area (Å²) in [6.07, 6.45) is 2.85. The van der Waals surface area contributed by atoms with Crippen LogP contribution in [0.2, 0.25) is 0 Å². The van der Waals surface area contributed by atoms with Crippen molar-refractivity contribution in [3.8, 4) is 0 Å². The number of hydrogen-bond acceptors (Lipinski definition) is 3. The summed E-state index contributed by atoms with van der Waals surface area (Å²) in [6.45, 7) is 2.04. The topological polar surface area (TPSA) is 46.2 Å². The zero-order chi connectivity index (χ0) is 14.6. The summed E-state index contributed by atoms with van der Waals surface area (Å²) < 4.78 is 27.2. The maximum Gasteiger partial charge on any atom is 0.261 e. The smallest absolute Gasteiger partial charge is 0.261 e. The van der Waals surface area contributed by atoms with Crippen molar-refractivity contribution in [2.24, 2.45) is 0 Å². The lowest BCUT2D eigenvalue weighted by Gasteiger charge is -2.09. The molecule has 0 aromatic heterocycles. The highest BCUT2D eigenvalue weighted by atomic mass is 32.2. The van der Waals surface area contributed by atoms with Crippen LogP contribution in [0.4, 0.5) is 5.69 Å². The van der Waals surface area contributed by atoms with Crippen molar-refractivity contribution in [3.63, 3.8) is 0 Å². The van der Waals surface area contributed by atoms with Crippen LogP contribution in [0, 0.1) is 0 Å². The monoisotopic (exact) mass is 307 g/mol. The van der Waals surface area contributed by atoms with Crippen LogP contribution in [0.15, 0.2) is 58.3 Å². The van der Waals surface area contributed by atoms with Crippen molar-refractivity contribution in [3.05, 3.63) is 54.1 Å². The van der Waals surface area contributed by atoms with Crippen molar-refractivity contribution in [2.75, 3.05) is 11.0 Å². The SMILES string of the molecule is CCc1ccc(S(=O)(=O)Nc2cccc(SC)c2)cc1. The average Bonchev–Trinajstić information content (AvgIpc) is 2.47. The van der Waals surface area contributed by atoms with E-state index in [1.165, 1.54) is 0 Å². The van der Waals surface area contributed by atoms with Crippen molar-refractivity contribution in [2.45, 2.75) is 23.1 Å². The molecule has 0 unspecified atom stereocenters. The third-order valence-electron chi connectivity index (χ3n) is 2.96. The van der Waals surface area contributed by atoms with Crippen LogP contribution < -0.4 is 4.72 Å². The van der Waals surface area contributed by atoms with E-state index in [2.05, 4.69) is 4.72 Å². The first kappa shape index (κ1) is 14.9. The van der Waals surface area contributed by atoms with Crippen molar-refractivity contribution in [1.29, 1.82) is 0 Å². The molecule has 0 aliphatic carbocycles. The van der Waals surface area contributed by atoms with Gasteiger partial charge < -0.3 is 0 Å². The van der Waals surface area contributed by atoms with Crippen molar-refractivity contribution >= 4 is 27.5 Å². The molecular formula is C15H17NO2S2. The number of aryl methyl sites for hydroxylation is 1. The number of thioether (sulfide) groups is 1. The van der Waals surface area contributed by atoms with Crippen LogP contribution in [-0.2, 0) is 16.4 Å². The third-order valence-corrected chi connectivity index (χ3v) is 5.09. The predicted molar refractivity (Wildman–Crippen MR) is 84.9 cm³/mol. The molecule has 0 aliphatic rings. The lowest BCUT2D eigenvalue weighted by atomic mass is 10.2. The quantitative estimate of drug-likeness (QED) is 0.855. The Kier molecular flexibility index (Phi) is 4.73. The normalized spacial score (nSPS) is 11.3. The van der Waals surface area contributed by atoms with E-state index in [1.807, 2.05) is 43.5 Å². The first-order chi connectivity index (χ1) is 9.55. The van der Waals surface area contributed by atoms with Gasteiger partial charge >= 0.3 is 0 Å². The maximum atomic E-state index is 12.3. The molecule has 0 bridgehead atoms. The van der Waals surface area contributed by atoms with E-state index in [4.69, 9.17) is 0 Å². The van der Waals surface area contributed by atoms with Gasteiger partial charge in [0.15, 0.2) is 0 Å². The van der Waals surface area contributed by atoms with E-state index in [9.17, 15) is 8.42 Å². The maximum absolute atomic E-state index is 12.3. The van der Waals surface area contributed by atoms with Gasteiger partial charge in [0.2, 0.25) is 0 Å². The van der Waals surface area contributed by atoms with E-state index in [-0.39, 0.29) is 4.90 Å². The second-order valence-electron chi connectivity index (χ2n) is 4.33. The summed E-state index contributed by atoms with van der Waals surface area (Å²) in [5.41, 5.74) is 1.70. The summed E-state index contributed by atoms with van der Waals surface area (Å²) in [5, 5.41) is 0. The molecular weight excluding hydrogens is 290 g/mol. The second-order valence-corrected chi connectivity index (χ2v) is 6.90. The minimum Gasteiger partial charge on any atom is -0.280 e. The van der Waals surface area contributed by atoms with Crippen LogP contribution in [0.3, 0.4) is 0 Å². The highest BCUT2D eigenvalue weighted by Crippen LogP contribution is 2.22. The third kappa shape index (κ3) is 3.55. The first-order valence-electron chi connectivity index (χ1n) is 6.31. The van der Waals surface area contributed by atoms with E-state index >= 15 is 0 Å². The average molecular weight is 307 g/mol. The van der Waals surface area contributed by atoms with Crippen LogP contribution in [0.5, 0.6) is 0 Å². The molecule has 1 N–H and O–H groups in total. The highest BCUT2D eigenvalue weighted by Gasteiger charge is 2.13. The Morgan fingerprint density at radius 3 is 2.40 bits per heavy atom. The molecule has 0 saturated carbocycles. The molecule has 2 aromatic rings. The van der Waals surface area contributed by atoms with Gasteiger partial charge in [-0.15, -0.1) is 11.8 Å². The van der Waals surface area contributed by atoms with Crippen LogP contribution >= 0.6 is 11.8 Å². The predicted octanol–water partition coefficient (Wildman–Crippen LogP) is 3.77. The van der Waals surface area contributed by atoms with Gasteiger partial charge in [-0.1, -0.05) is 25.1 Å². The second kappa shape index (κ2) is 6.33. The van der Waals surface area contributed by atoms with Crippen molar-refractivity contribution in [1.82, 2.24) is 0 Å². The minimum atomic E-state index is -3.52. The summed E-state index contributed by atoms with van der Waals surface area (Å²) in [4.78, 5) is 1.30. The summed E-state index contributed by atoms with van der Waals surface area (Å²) in [5.74, 6) is 0. The van der Waals surface area contributed by atoms with Gasteiger partial charge in [0.05, 0.1) is 4.90 Å². The fraction of sp³-hybridized carbons (Fsp3) is 0.200. The van der Waals surface area contributed by atoms with Gasteiger partial charge in [0.25, 0.3) is 10.0 Å². The van der Waals surface area contributed by atoms with Gasteiger partial charge in [-0.05, 0) is 48.6 Å². The zero-order valence-corrected chi connectivity index (χ0v) is 13.1. The van der Waals surface area contributed by atoms with Crippen molar-refractivity contribution < 1.29 is 8.42 Å². The summed E-state index contributed by atoms with van der Waals surface area (Å²) in [6, 6.07) is 14.3. The largest absolute Gasteiger partial charge is 0.280 e. The van der Waals surface area contributed by atoms with E-state index in [1.54, 1.807) is 30.0 Å². The summed E-state index contributed by atoms with van der Waals surface area (Å²) in [7, 11) is -3.52. The Labute approximate surface area is 124 Å². The van der Waals surface area contributed by atoms with E-state index in [0.29, 0.717) is 5.69 Å². The first-order valence-corrected chi connectivity index (χ1v) is 9.02. The molecule has 0 amide bonds. The molecule has 2 rings (SSSR count). The number of anilines is 1. The fourth-order valence-corrected chi connectivity index (χ4v) is 3.31. The fourth-order valence-electron chi connectivity index (χ4n) is 1.80. The molecule has 0 fully saturated rings. The molecule has 106 valence electrons. The van der Waals surface area contributed by atoms with Crippen LogP contribution in [0.1, 0.15) is 12.5 Å². The lowest BCUT2D eigenvalue weighted by Crippen LogP contribution is -2.12. The molecule has 3 nitrogen and oxygen atoms in total. The Bertz CT molecular complexity index is 679. The highest BCUT2D eigenvalue weighted by molar-refractivity contribution is 7.98.